The van der Waals surface area contributed by atoms with Gasteiger partial charge in [-0.3, -0.25) is 0 Å². The van der Waals surface area contributed by atoms with E-state index in [-0.39, 0.29) is 0 Å². The lowest BCUT2D eigenvalue weighted by atomic mass is 9.73. The number of hydrogen-bond donors (Lipinski definition) is 2. The zero-order valence-corrected chi connectivity index (χ0v) is 14.9. The number of ether oxygens (including phenoxy) is 1. The van der Waals surface area contributed by atoms with Crippen LogP contribution < -0.4 is 15.4 Å². The third kappa shape index (κ3) is 3.58. The Morgan fingerprint density at radius 3 is 2.68 bits per heavy atom. The van der Waals surface area contributed by atoms with Crippen molar-refractivity contribution in [3.63, 3.8) is 0 Å². The Kier molecular flexibility index (Phi) is 5.04. The molecular weight excluding hydrogens is 308 g/mol. The van der Waals surface area contributed by atoms with Crippen molar-refractivity contribution in [2.24, 2.45) is 5.92 Å². The van der Waals surface area contributed by atoms with E-state index in [1.165, 1.54) is 36.8 Å². The molecule has 3 nitrogen and oxygen atoms in total. The summed E-state index contributed by atoms with van der Waals surface area (Å²) >= 11 is 0. The third-order valence-electron chi connectivity index (χ3n) is 5.88. The van der Waals surface area contributed by atoms with Crippen molar-refractivity contribution in [1.29, 1.82) is 0 Å². The lowest BCUT2D eigenvalue weighted by molar-refractivity contribution is 0.127. The quantitative estimate of drug-likeness (QED) is 0.864. The molecule has 2 aromatic carbocycles. The van der Waals surface area contributed by atoms with Gasteiger partial charge in [0.25, 0.3) is 0 Å². The Labute approximate surface area is 150 Å². The van der Waals surface area contributed by atoms with Gasteiger partial charge in [-0.1, -0.05) is 55.0 Å². The lowest BCUT2D eigenvalue weighted by Gasteiger charge is -2.47. The molecule has 2 aromatic rings. The smallest absolute Gasteiger partial charge is 0.123 e. The Hall–Kier alpha value is -1.84. The Balaban J connectivity index is 1.55. The van der Waals surface area contributed by atoms with E-state index in [0.717, 1.165) is 18.2 Å². The van der Waals surface area contributed by atoms with Crippen molar-refractivity contribution in [3.05, 3.63) is 65.7 Å². The summed E-state index contributed by atoms with van der Waals surface area (Å²) in [6.45, 7) is 0.848. The Morgan fingerprint density at radius 1 is 1.04 bits per heavy atom. The summed E-state index contributed by atoms with van der Waals surface area (Å²) in [7, 11) is 1.75. The monoisotopic (exact) mass is 336 g/mol. The first kappa shape index (κ1) is 16.6. The first-order valence-corrected chi connectivity index (χ1v) is 9.51. The van der Waals surface area contributed by atoms with Gasteiger partial charge in [0.15, 0.2) is 0 Å². The average molecular weight is 336 g/mol. The summed E-state index contributed by atoms with van der Waals surface area (Å²) in [5.41, 5.74) is 2.63. The maximum atomic E-state index is 5.52. The minimum Gasteiger partial charge on any atom is -0.496 e. The molecule has 4 rings (SSSR count). The van der Waals surface area contributed by atoms with Crippen molar-refractivity contribution < 1.29 is 4.74 Å². The molecule has 132 valence electrons. The predicted molar refractivity (Wildman–Crippen MR) is 102 cm³/mol. The molecule has 2 N–H and O–H groups in total. The fourth-order valence-electron chi connectivity index (χ4n) is 4.66. The minimum atomic E-state index is 0.389. The minimum absolute atomic E-state index is 0.389. The molecule has 2 fully saturated rings. The van der Waals surface area contributed by atoms with E-state index < -0.39 is 0 Å². The molecule has 0 radical (unpaired) electrons. The number of benzene rings is 2. The first-order valence-electron chi connectivity index (χ1n) is 9.51. The summed E-state index contributed by atoms with van der Waals surface area (Å²) in [6.07, 6.45) is 5.30. The van der Waals surface area contributed by atoms with Crippen molar-refractivity contribution in [1.82, 2.24) is 10.6 Å². The summed E-state index contributed by atoms with van der Waals surface area (Å²) < 4.78 is 5.52. The second-order valence-corrected chi connectivity index (χ2v) is 7.40. The van der Waals surface area contributed by atoms with Gasteiger partial charge in [0.2, 0.25) is 0 Å². The standard InChI is InChI=1S/C22H28N2O/c1-25-20-13-6-5-10-18(20)15-23-21-17-11-7-12-19(14-17)24-22(21)16-8-3-2-4-9-16/h2-6,8-10,13,17,19,21-24H,7,11-12,14-15H2,1H3. The molecule has 1 aliphatic carbocycles. The molecule has 25 heavy (non-hydrogen) atoms. The van der Waals surface area contributed by atoms with Crippen LogP contribution >= 0.6 is 0 Å². The molecule has 4 atom stereocenters. The second-order valence-electron chi connectivity index (χ2n) is 7.40. The fourth-order valence-corrected chi connectivity index (χ4v) is 4.66. The van der Waals surface area contributed by atoms with E-state index in [1.54, 1.807) is 7.11 Å². The molecule has 2 bridgehead atoms. The van der Waals surface area contributed by atoms with Crippen molar-refractivity contribution in [2.45, 2.75) is 50.4 Å². The molecule has 1 saturated carbocycles. The number of nitrogens with one attached hydrogen (secondary N) is 2. The molecule has 0 spiro atoms. The molecule has 2 aliphatic rings. The lowest BCUT2D eigenvalue weighted by Crippen LogP contribution is -2.56. The van der Waals surface area contributed by atoms with Crippen LogP contribution in [0.5, 0.6) is 5.75 Å². The van der Waals surface area contributed by atoms with Crippen LogP contribution in [-0.2, 0) is 6.54 Å². The SMILES string of the molecule is COc1ccccc1CNC1C2CCCC(C2)NC1c1ccccc1. The summed E-state index contributed by atoms with van der Waals surface area (Å²) in [5.74, 6) is 1.72. The number of rotatable bonds is 5. The van der Waals surface area contributed by atoms with Crippen LogP contribution in [0, 0.1) is 5.92 Å². The van der Waals surface area contributed by atoms with Crippen molar-refractivity contribution in [2.75, 3.05) is 7.11 Å². The number of para-hydroxylation sites is 1. The zero-order valence-electron chi connectivity index (χ0n) is 14.9. The van der Waals surface area contributed by atoms with E-state index in [0.29, 0.717) is 18.1 Å². The molecule has 0 aromatic heterocycles. The van der Waals surface area contributed by atoms with Crippen LogP contribution in [0.2, 0.25) is 0 Å². The first-order chi connectivity index (χ1) is 12.3. The summed E-state index contributed by atoms with van der Waals surface area (Å²) in [4.78, 5) is 0. The predicted octanol–water partition coefficient (Wildman–Crippen LogP) is 4.06. The van der Waals surface area contributed by atoms with Crippen LogP contribution in [0.3, 0.4) is 0 Å². The van der Waals surface area contributed by atoms with Gasteiger partial charge in [0.05, 0.1) is 7.11 Å². The van der Waals surface area contributed by atoms with Crippen molar-refractivity contribution in [3.8, 4) is 5.75 Å². The molecule has 1 heterocycles. The van der Waals surface area contributed by atoms with Crippen LogP contribution in [0.25, 0.3) is 0 Å². The number of fused-ring (bicyclic) bond motifs is 2. The Morgan fingerprint density at radius 2 is 1.84 bits per heavy atom. The third-order valence-corrected chi connectivity index (χ3v) is 5.88. The van der Waals surface area contributed by atoms with Crippen LogP contribution in [0.1, 0.15) is 42.9 Å². The van der Waals surface area contributed by atoms with E-state index in [9.17, 15) is 0 Å². The maximum absolute atomic E-state index is 5.52. The van der Waals surface area contributed by atoms with E-state index >= 15 is 0 Å². The molecular formula is C22H28N2O. The van der Waals surface area contributed by atoms with Gasteiger partial charge in [-0.2, -0.15) is 0 Å². The second kappa shape index (κ2) is 7.59. The van der Waals surface area contributed by atoms with Gasteiger partial charge in [-0.15, -0.1) is 0 Å². The molecule has 1 saturated heterocycles. The topological polar surface area (TPSA) is 33.3 Å². The van der Waals surface area contributed by atoms with Crippen LogP contribution in [0.15, 0.2) is 54.6 Å². The number of piperidine rings is 1. The fraction of sp³-hybridized carbons (Fsp3) is 0.455. The highest BCUT2D eigenvalue weighted by Gasteiger charge is 2.39. The van der Waals surface area contributed by atoms with Gasteiger partial charge in [0, 0.05) is 30.2 Å². The van der Waals surface area contributed by atoms with Crippen LogP contribution in [-0.4, -0.2) is 19.2 Å². The highest BCUT2D eigenvalue weighted by molar-refractivity contribution is 5.33. The van der Waals surface area contributed by atoms with Crippen LogP contribution in [0.4, 0.5) is 0 Å². The van der Waals surface area contributed by atoms with Gasteiger partial charge < -0.3 is 15.4 Å². The van der Waals surface area contributed by atoms with Gasteiger partial charge in [-0.25, -0.2) is 0 Å². The Bertz CT molecular complexity index is 687. The summed E-state index contributed by atoms with van der Waals surface area (Å²) in [5, 5.41) is 7.80. The average Bonchev–Trinajstić information content (AvgIpc) is 2.68. The number of methoxy groups -OCH3 is 1. The van der Waals surface area contributed by atoms with Gasteiger partial charge in [-0.05, 0) is 36.8 Å². The normalized spacial score (nSPS) is 28.5. The molecule has 3 heteroatoms. The molecule has 0 amide bonds. The van der Waals surface area contributed by atoms with Crippen molar-refractivity contribution >= 4 is 0 Å². The molecule has 1 aliphatic heterocycles. The van der Waals surface area contributed by atoms with Gasteiger partial charge in [0.1, 0.15) is 5.75 Å². The molecule has 4 unspecified atom stereocenters. The van der Waals surface area contributed by atoms with E-state index in [2.05, 4.69) is 53.1 Å². The van der Waals surface area contributed by atoms with E-state index in [1.807, 2.05) is 12.1 Å². The number of hydrogen-bond acceptors (Lipinski definition) is 3. The largest absolute Gasteiger partial charge is 0.496 e. The van der Waals surface area contributed by atoms with E-state index in [4.69, 9.17) is 4.74 Å². The highest BCUT2D eigenvalue weighted by atomic mass is 16.5. The van der Waals surface area contributed by atoms with Gasteiger partial charge >= 0.3 is 0 Å². The summed E-state index contributed by atoms with van der Waals surface area (Å²) in [6, 6.07) is 20.8. The maximum Gasteiger partial charge on any atom is 0.123 e. The zero-order chi connectivity index (χ0) is 17.1. The highest BCUT2D eigenvalue weighted by Crippen LogP contribution is 2.38.